The number of hydrogen-bond donors (Lipinski definition) is 0. The Hall–Kier alpha value is 0.919. The molecule has 5 heavy (non-hydrogen) atoms. The van der Waals surface area contributed by atoms with E-state index in [-0.39, 0.29) is 50.6 Å². The van der Waals surface area contributed by atoms with E-state index >= 15 is 0 Å². The standard InChI is InChI=1S/2Fe.3O/q2*+3;3*-2/i;;3*1+2. The van der Waals surface area contributed by atoms with Gasteiger partial charge in [-0.15, -0.1) is 0 Å². The first-order chi connectivity index (χ1) is 0. The van der Waals surface area contributed by atoms with Crippen LogP contribution in [0.15, 0.2) is 0 Å². The van der Waals surface area contributed by atoms with Crippen LogP contribution in [0.25, 0.3) is 0 Å². The van der Waals surface area contributed by atoms with Crippen molar-refractivity contribution in [3.05, 3.63) is 0 Å². The molecular weight excluding hydrogens is 166 g/mol. The molecule has 34 valence electrons. The predicted molar refractivity (Wildman–Crippen MR) is 2.06 cm³/mol. The van der Waals surface area contributed by atoms with Gasteiger partial charge in [-0.3, -0.25) is 0 Å². The molecule has 0 atom stereocenters. The summed E-state index contributed by atoms with van der Waals surface area (Å²) in [5, 5.41) is 0. The molecule has 0 bridgehead atoms. The summed E-state index contributed by atoms with van der Waals surface area (Å²) < 4.78 is 0. The fraction of sp³-hybridized carbons (Fsp3) is 0. The fourth-order valence-electron chi connectivity index (χ4n) is 0. The summed E-state index contributed by atoms with van der Waals surface area (Å²) in [5.74, 6) is 0. The Labute approximate surface area is 51.0 Å². The smallest absolute Gasteiger partial charge is 2.00 e. The summed E-state index contributed by atoms with van der Waals surface area (Å²) in [7, 11) is 0. The van der Waals surface area contributed by atoms with Gasteiger partial charge in [0, 0.05) is 0 Å². The molecule has 3 nitrogen and oxygen atoms in total. The summed E-state index contributed by atoms with van der Waals surface area (Å²) in [6, 6.07) is 0. The average molecular weight is 166 g/mol. The normalized spacial score (nSPS) is 0. The van der Waals surface area contributed by atoms with Crippen molar-refractivity contribution in [2.75, 3.05) is 0 Å². The van der Waals surface area contributed by atoms with Crippen LogP contribution in [0.3, 0.4) is 0 Å². The molecule has 0 spiro atoms. The Kier molecular flexibility index (Phi) is 3030. The Bertz CT molecular complexity index is 4.85. The number of rotatable bonds is 0. The van der Waals surface area contributed by atoms with Crippen LogP contribution < -0.4 is 0 Å². The van der Waals surface area contributed by atoms with Crippen LogP contribution in [0.2, 0.25) is 0 Å². The quantitative estimate of drug-likeness (QED) is 0.347. The van der Waals surface area contributed by atoms with Crippen molar-refractivity contribution in [1.29, 1.82) is 0 Å². The van der Waals surface area contributed by atoms with Gasteiger partial charge in [-0.25, -0.2) is 0 Å². The summed E-state index contributed by atoms with van der Waals surface area (Å²) in [5.41, 5.74) is 0. The first-order valence-electron chi connectivity index (χ1n) is 0. The predicted octanol–water partition coefficient (Wildman–Crippen LogP) is -0.361. The molecule has 0 aliphatic carbocycles. The van der Waals surface area contributed by atoms with Gasteiger partial charge in [0.05, 0.1) is 0 Å². The Balaban J connectivity index is 0. The second kappa shape index (κ2) is 89.5. The van der Waals surface area contributed by atoms with Crippen molar-refractivity contribution in [3.63, 3.8) is 0 Å². The minimum Gasteiger partial charge on any atom is -2.00 e. The second-order valence-corrected chi connectivity index (χ2v) is 0. The third-order valence-corrected chi connectivity index (χ3v) is 0. The van der Waals surface area contributed by atoms with Crippen molar-refractivity contribution >= 4 is 0 Å². The first kappa shape index (κ1) is 170. The summed E-state index contributed by atoms with van der Waals surface area (Å²) in [6.45, 7) is 0. The van der Waals surface area contributed by atoms with Gasteiger partial charge in [0.15, 0.2) is 0 Å². The zero-order valence-electron chi connectivity index (χ0n) is 1.93. The van der Waals surface area contributed by atoms with E-state index in [1.54, 1.807) is 0 Å². The van der Waals surface area contributed by atoms with Crippen LogP contribution in [0, 0.1) is 0 Å². The molecule has 0 saturated heterocycles. The van der Waals surface area contributed by atoms with Gasteiger partial charge in [-0.1, -0.05) is 0 Å². The molecule has 0 aromatic heterocycles. The van der Waals surface area contributed by atoms with E-state index in [2.05, 4.69) is 0 Å². The van der Waals surface area contributed by atoms with Crippen molar-refractivity contribution in [2.45, 2.75) is 0 Å². The van der Waals surface area contributed by atoms with Crippen LogP contribution in [0.1, 0.15) is 0 Å². The maximum Gasteiger partial charge on any atom is 3.00 e. The van der Waals surface area contributed by atoms with E-state index in [4.69, 9.17) is 0 Å². The fourth-order valence-corrected chi connectivity index (χ4v) is 0. The molecule has 0 aromatic rings. The molecular formula is Fe2O3. The van der Waals surface area contributed by atoms with Gasteiger partial charge in [0.1, 0.15) is 0 Å². The molecule has 0 aliphatic rings. The Morgan fingerprint density at radius 1 is 0.400 bits per heavy atom. The Morgan fingerprint density at radius 2 is 0.400 bits per heavy atom. The van der Waals surface area contributed by atoms with Crippen molar-refractivity contribution in [2.24, 2.45) is 0 Å². The zero-order valence-corrected chi connectivity index (χ0v) is 4.14. The summed E-state index contributed by atoms with van der Waals surface area (Å²) >= 11 is 0. The topological polar surface area (TPSA) is 85.5 Å². The maximum atomic E-state index is 0. The van der Waals surface area contributed by atoms with E-state index in [1.165, 1.54) is 0 Å². The van der Waals surface area contributed by atoms with E-state index in [9.17, 15) is 0 Å². The first-order valence-corrected chi connectivity index (χ1v) is 0. The molecule has 0 heterocycles. The largest absolute Gasteiger partial charge is 3.00 e. The summed E-state index contributed by atoms with van der Waals surface area (Å²) in [4.78, 5) is 0. The van der Waals surface area contributed by atoms with Gasteiger partial charge in [-0.2, -0.15) is 0 Å². The molecule has 0 amide bonds. The minimum atomic E-state index is 0. The minimum absolute atomic E-state index is 0. The van der Waals surface area contributed by atoms with Crippen molar-refractivity contribution in [1.82, 2.24) is 0 Å². The van der Waals surface area contributed by atoms with Crippen LogP contribution in [-0.2, 0) is 50.6 Å². The monoisotopic (exact) mass is 166 g/mol. The van der Waals surface area contributed by atoms with Crippen LogP contribution in [-0.4, -0.2) is 0 Å². The van der Waals surface area contributed by atoms with Gasteiger partial charge in [0.2, 0.25) is 0 Å². The molecule has 0 unspecified atom stereocenters. The molecule has 0 aliphatic heterocycles. The SMILES string of the molecule is [18O-2].[18O-2].[18O-2].[Fe+3].[Fe+3]. The second-order valence-electron chi connectivity index (χ2n) is 0. The molecule has 0 aromatic carbocycles. The van der Waals surface area contributed by atoms with E-state index in [0.29, 0.717) is 0 Å². The van der Waals surface area contributed by atoms with E-state index in [1.807, 2.05) is 0 Å². The van der Waals surface area contributed by atoms with E-state index < -0.39 is 0 Å². The van der Waals surface area contributed by atoms with Crippen molar-refractivity contribution in [3.8, 4) is 0 Å². The van der Waals surface area contributed by atoms with Gasteiger partial charge < -0.3 is 16.4 Å². The molecule has 0 saturated carbocycles. The van der Waals surface area contributed by atoms with Crippen LogP contribution >= 0.6 is 0 Å². The van der Waals surface area contributed by atoms with Crippen LogP contribution in [0.4, 0.5) is 0 Å². The molecule has 2 radical (unpaired) electrons. The van der Waals surface area contributed by atoms with Crippen LogP contribution in [0.5, 0.6) is 0 Å². The maximum absolute atomic E-state index is 0. The average Bonchev–Trinajstić information content (AvgIpc) is 0. The van der Waals surface area contributed by atoms with Gasteiger partial charge in [-0.05, 0) is 0 Å². The molecule has 5 heteroatoms. The number of hydrogen-bond acceptors (Lipinski definition) is 0. The van der Waals surface area contributed by atoms with E-state index in [0.717, 1.165) is 0 Å². The third-order valence-electron chi connectivity index (χ3n) is 0. The van der Waals surface area contributed by atoms with Crippen molar-refractivity contribution < 1.29 is 50.6 Å². The molecule has 0 N–H and O–H groups in total. The molecule has 0 fully saturated rings. The molecule has 0 rings (SSSR count). The zero-order chi connectivity index (χ0) is 0. The Morgan fingerprint density at radius 3 is 0.400 bits per heavy atom. The van der Waals surface area contributed by atoms with Gasteiger partial charge >= 0.3 is 34.1 Å². The third kappa shape index (κ3) is 49.6. The van der Waals surface area contributed by atoms with Gasteiger partial charge in [0.25, 0.3) is 0 Å². The summed E-state index contributed by atoms with van der Waals surface area (Å²) in [6.07, 6.45) is 0.